The molecule has 2 bridgehead atoms. The average molecular weight is 333 g/mol. The van der Waals surface area contributed by atoms with Gasteiger partial charge in [0.15, 0.2) is 0 Å². The molecule has 2 saturated heterocycles. The van der Waals surface area contributed by atoms with E-state index in [0.29, 0.717) is 24.2 Å². The Bertz CT molecular complexity index is 513. The van der Waals surface area contributed by atoms with Gasteiger partial charge in [0, 0.05) is 30.7 Å². The number of hydrogen-bond acceptors (Lipinski definition) is 3. The Kier molecular flexibility index (Phi) is 5.58. The third-order valence-corrected chi connectivity index (χ3v) is 4.14. The molecule has 2 aliphatic heterocycles. The number of ether oxygens (including phenoxy) is 1. The minimum absolute atomic E-state index is 0. The quantitative estimate of drug-likeness (QED) is 0.925. The Morgan fingerprint density at radius 3 is 2.55 bits per heavy atom. The second-order valence-corrected chi connectivity index (χ2v) is 5.58. The van der Waals surface area contributed by atoms with Gasteiger partial charge in [0.05, 0.1) is 0 Å². The minimum Gasteiger partial charge on any atom is -0.435 e. The molecule has 1 aromatic rings. The number of carbonyl (C=O) groups excluding carboxylic acids is 1. The lowest BCUT2D eigenvalue weighted by atomic mass is 10.1. The first-order valence-corrected chi connectivity index (χ1v) is 7.22. The molecule has 0 saturated carbocycles. The lowest BCUT2D eigenvalue weighted by molar-refractivity contribution is -0.0498. The van der Waals surface area contributed by atoms with Gasteiger partial charge >= 0.3 is 6.61 Å². The molecular weight excluding hydrogens is 314 g/mol. The number of hydrogen-bond donors (Lipinski definition) is 1. The molecule has 7 heteroatoms. The van der Waals surface area contributed by atoms with Crippen molar-refractivity contribution in [2.24, 2.45) is 0 Å². The molecule has 3 rings (SSSR count). The van der Waals surface area contributed by atoms with Crippen molar-refractivity contribution in [2.45, 2.75) is 38.0 Å². The zero-order valence-corrected chi connectivity index (χ0v) is 12.8. The van der Waals surface area contributed by atoms with E-state index in [1.165, 1.54) is 30.7 Å². The highest BCUT2D eigenvalue weighted by molar-refractivity contribution is 5.94. The third-order valence-electron chi connectivity index (χ3n) is 4.14. The van der Waals surface area contributed by atoms with Crippen molar-refractivity contribution in [3.8, 4) is 5.75 Å². The first-order valence-electron chi connectivity index (χ1n) is 7.22. The molecule has 0 aromatic heterocycles. The van der Waals surface area contributed by atoms with E-state index in [4.69, 9.17) is 0 Å². The first kappa shape index (κ1) is 17.0. The molecule has 2 unspecified atom stereocenters. The van der Waals surface area contributed by atoms with Crippen LogP contribution in [0.4, 0.5) is 8.78 Å². The van der Waals surface area contributed by atoms with E-state index in [1.54, 1.807) is 0 Å². The van der Waals surface area contributed by atoms with Crippen LogP contribution in [0.1, 0.15) is 29.6 Å². The molecule has 2 atom stereocenters. The van der Waals surface area contributed by atoms with Crippen LogP contribution in [0.5, 0.6) is 5.75 Å². The highest BCUT2D eigenvalue weighted by atomic mass is 35.5. The van der Waals surface area contributed by atoms with Crippen LogP contribution >= 0.6 is 12.4 Å². The van der Waals surface area contributed by atoms with Gasteiger partial charge in [-0.15, -0.1) is 12.4 Å². The highest BCUT2D eigenvalue weighted by Crippen LogP contribution is 2.22. The molecule has 2 fully saturated rings. The van der Waals surface area contributed by atoms with Gasteiger partial charge in [0.2, 0.25) is 0 Å². The van der Waals surface area contributed by atoms with E-state index in [1.807, 2.05) is 4.90 Å². The Morgan fingerprint density at radius 1 is 1.18 bits per heavy atom. The largest absolute Gasteiger partial charge is 0.435 e. The summed E-state index contributed by atoms with van der Waals surface area (Å²) in [4.78, 5) is 14.3. The maximum Gasteiger partial charge on any atom is 0.387 e. The van der Waals surface area contributed by atoms with Gasteiger partial charge in [-0.3, -0.25) is 4.79 Å². The summed E-state index contributed by atoms with van der Waals surface area (Å²) >= 11 is 0. The van der Waals surface area contributed by atoms with Gasteiger partial charge in [-0.05, 0) is 43.5 Å². The number of fused-ring (bicyclic) bond motifs is 2. The summed E-state index contributed by atoms with van der Waals surface area (Å²) < 4.78 is 28.5. The summed E-state index contributed by atoms with van der Waals surface area (Å²) in [5.41, 5.74) is 0.509. The highest BCUT2D eigenvalue weighted by Gasteiger charge is 2.31. The first-order chi connectivity index (χ1) is 10.1. The smallest absolute Gasteiger partial charge is 0.387 e. The van der Waals surface area contributed by atoms with Crippen molar-refractivity contribution in [2.75, 3.05) is 13.1 Å². The summed E-state index contributed by atoms with van der Waals surface area (Å²) in [5, 5.41) is 3.52. The summed E-state index contributed by atoms with van der Waals surface area (Å²) in [6, 6.07) is 6.79. The van der Waals surface area contributed by atoms with Crippen molar-refractivity contribution in [1.29, 1.82) is 0 Å². The molecule has 0 radical (unpaired) electrons. The number of alkyl halides is 2. The van der Waals surface area contributed by atoms with Crippen molar-refractivity contribution in [3.05, 3.63) is 29.8 Å². The molecule has 1 aromatic carbocycles. The summed E-state index contributed by atoms with van der Waals surface area (Å²) in [7, 11) is 0. The van der Waals surface area contributed by atoms with Gasteiger partial charge in [-0.2, -0.15) is 8.78 Å². The number of amides is 1. The van der Waals surface area contributed by atoms with E-state index >= 15 is 0 Å². The number of halogens is 3. The zero-order valence-electron chi connectivity index (χ0n) is 12.0. The Morgan fingerprint density at radius 2 is 1.86 bits per heavy atom. The van der Waals surface area contributed by atoms with Crippen LogP contribution in [0.15, 0.2) is 24.3 Å². The molecule has 0 spiro atoms. The van der Waals surface area contributed by atoms with Crippen molar-refractivity contribution in [3.63, 3.8) is 0 Å². The predicted octanol–water partition coefficient (Wildman–Crippen LogP) is 2.68. The second-order valence-electron chi connectivity index (χ2n) is 5.58. The number of nitrogens with one attached hydrogen (secondary N) is 1. The summed E-state index contributed by atoms with van der Waals surface area (Å²) in [5.74, 6) is 0.0195. The molecule has 1 amide bonds. The number of carbonyl (C=O) groups is 1. The zero-order chi connectivity index (χ0) is 14.8. The van der Waals surface area contributed by atoms with Gasteiger partial charge in [-0.1, -0.05) is 0 Å². The average Bonchev–Trinajstić information content (AvgIpc) is 2.78. The van der Waals surface area contributed by atoms with Crippen LogP contribution in [0.3, 0.4) is 0 Å². The molecule has 2 heterocycles. The Balaban J connectivity index is 0.00000176. The van der Waals surface area contributed by atoms with E-state index in [0.717, 1.165) is 19.4 Å². The SMILES string of the molecule is Cl.O=C(c1ccc(OC(F)F)cc1)N1CCC2CCC(C1)N2. The fraction of sp³-hybridized carbons (Fsp3) is 0.533. The molecule has 1 N–H and O–H groups in total. The van der Waals surface area contributed by atoms with Crippen LogP contribution < -0.4 is 10.1 Å². The van der Waals surface area contributed by atoms with Crippen LogP contribution in [0.2, 0.25) is 0 Å². The van der Waals surface area contributed by atoms with Gasteiger partial charge < -0.3 is 15.0 Å². The van der Waals surface area contributed by atoms with Crippen molar-refractivity contribution in [1.82, 2.24) is 10.2 Å². The van der Waals surface area contributed by atoms with Gasteiger partial charge in [-0.25, -0.2) is 0 Å². The van der Waals surface area contributed by atoms with E-state index in [2.05, 4.69) is 10.1 Å². The molecule has 22 heavy (non-hydrogen) atoms. The minimum atomic E-state index is -2.85. The van der Waals surface area contributed by atoms with Crippen molar-refractivity contribution < 1.29 is 18.3 Å². The second kappa shape index (κ2) is 7.24. The normalized spacial score (nSPS) is 23.9. The predicted molar refractivity (Wildman–Crippen MR) is 80.8 cm³/mol. The van der Waals surface area contributed by atoms with E-state index < -0.39 is 6.61 Å². The number of nitrogens with zero attached hydrogens (tertiary/aromatic N) is 1. The Labute approximate surface area is 134 Å². The lowest BCUT2D eigenvalue weighted by Gasteiger charge is -2.24. The number of benzene rings is 1. The fourth-order valence-electron chi connectivity index (χ4n) is 3.09. The van der Waals surface area contributed by atoms with Crippen LogP contribution in [-0.2, 0) is 0 Å². The maximum absolute atomic E-state index is 12.5. The fourth-order valence-corrected chi connectivity index (χ4v) is 3.09. The molecule has 4 nitrogen and oxygen atoms in total. The summed E-state index contributed by atoms with van der Waals surface area (Å²) in [6.07, 6.45) is 3.26. The molecule has 122 valence electrons. The van der Waals surface area contributed by atoms with E-state index in [9.17, 15) is 13.6 Å². The topological polar surface area (TPSA) is 41.6 Å². The molecule has 2 aliphatic rings. The molecule has 0 aliphatic carbocycles. The monoisotopic (exact) mass is 332 g/mol. The van der Waals surface area contributed by atoms with Crippen LogP contribution in [0, 0.1) is 0 Å². The van der Waals surface area contributed by atoms with Crippen LogP contribution in [-0.4, -0.2) is 42.6 Å². The van der Waals surface area contributed by atoms with E-state index in [-0.39, 0.29) is 24.1 Å². The lowest BCUT2D eigenvalue weighted by Crippen LogP contribution is -2.39. The van der Waals surface area contributed by atoms with Gasteiger partial charge in [0.1, 0.15) is 5.75 Å². The third kappa shape index (κ3) is 3.87. The van der Waals surface area contributed by atoms with Crippen molar-refractivity contribution >= 4 is 18.3 Å². The molecular formula is C15H19ClF2N2O2. The number of rotatable bonds is 3. The van der Waals surface area contributed by atoms with Gasteiger partial charge in [0.25, 0.3) is 5.91 Å². The maximum atomic E-state index is 12.5. The number of likely N-dealkylation sites (tertiary alicyclic amines) is 1. The van der Waals surface area contributed by atoms with Crippen LogP contribution in [0.25, 0.3) is 0 Å². The summed E-state index contributed by atoms with van der Waals surface area (Å²) in [6.45, 7) is -1.40. The Hall–Kier alpha value is -1.40. The standard InChI is InChI=1S/C15H18F2N2O2.ClH/c16-15(17)21-13-5-1-10(2-6-13)14(20)19-8-7-11-3-4-12(9-19)18-11;/h1-2,5-6,11-12,15,18H,3-4,7-9H2;1H.